The van der Waals surface area contributed by atoms with E-state index >= 15 is 0 Å². The maximum absolute atomic E-state index is 12.4. The van der Waals surface area contributed by atoms with Crippen molar-refractivity contribution in [2.24, 2.45) is 0 Å². The van der Waals surface area contributed by atoms with Crippen LogP contribution in [0, 0.1) is 17.0 Å². The fourth-order valence-corrected chi connectivity index (χ4v) is 2.85. The fraction of sp³-hybridized carbons (Fsp3) is 0.294. The summed E-state index contributed by atoms with van der Waals surface area (Å²) in [7, 11) is 0. The van der Waals surface area contributed by atoms with Crippen LogP contribution in [-0.4, -0.2) is 39.8 Å². The zero-order valence-corrected chi connectivity index (χ0v) is 13.3. The average Bonchev–Trinajstić information content (AvgIpc) is 3.05. The zero-order valence-electron chi connectivity index (χ0n) is 13.3. The second-order valence-corrected chi connectivity index (χ2v) is 5.87. The molecule has 3 rings (SSSR count). The van der Waals surface area contributed by atoms with Gasteiger partial charge in [0, 0.05) is 31.4 Å². The van der Waals surface area contributed by atoms with E-state index in [4.69, 9.17) is 0 Å². The Hall–Kier alpha value is -2.96. The summed E-state index contributed by atoms with van der Waals surface area (Å²) < 4.78 is 0. The van der Waals surface area contributed by atoms with E-state index in [2.05, 4.69) is 10.3 Å². The van der Waals surface area contributed by atoms with E-state index in [1.54, 1.807) is 41.4 Å². The van der Waals surface area contributed by atoms with Crippen molar-refractivity contribution in [3.63, 3.8) is 0 Å². The number of nitro groups is 1. The third-order valence-electron chi connectivity index (χ3n) is 4.07. The normalized spacial score (nSPS) is 16.9. The second kappa shape index (κ2) is 6.66. The maximum Gasteiger partial charge on any atom is 0.292 e. The first-order chi connectivity index (χ1) is 11.5. The van der Waals surface area contributed by atoms with Crippen LogP contribution in [0.3, 0.4) is 0 Å². The number of hydrogen-bond acceptors (Lipinski definition) is 5. The molecule has 0 aliphatic carbocycles. The molecule has 7 heteroatoms. The van der Waals surface area contributed by atoms with Crippen molar-refractivity contribution in [3.8, 4) is 0 Å². The molecular weight excluding hydrogens is 308 g/mol. The minimum Gasteiger partial charge on any atom is -0.375 e. The van der Waals surface area contributed by atoms with Crippen molar-refractivity contribution in [1.82, 2.24) is 9.88 Å². The van der Waals surface area contributed by atoms with Crippen molar-refractivity contribution < 1.29 is 9.72 Å². The molecule has 1 unspecified atom stereocenters. The van der Waals surface area contributed by atoms with Crippen molar-refractivity contribution in [2.45, 2.75) is 19.4 Å². The molecule has 1 saturated heterocycles. The molecule has 0 saturated carbocycles. The average molecular weight is 326 g/mol. The summed E-state index contributed by atoms with van der Waals surface area (Å²) in [5.74, 6) is -0.113. The van der Waals surface area contributed by atoms with Crippen LogP contribution in [0.4, 0.5) is 11.4 Å². The van der Waals surface area contributed by atoms with Gasteiger partial charge in [0.2, 0.25) is 0 Å². The summed E-state index contributed by atoms with van der Waals surface area (Å²) >= 11 is 0. The number of benzene rings is 1. The highest BCUT2D eigenvalue weighted by molar-refractivity contribution is 5.92. The summed E-state index contributed by atoms with van der Waals surface area (Å²) in [6, 6.07) is 10.3. The Kier molecular flexibility index (Phi) is 4.41. The number of amides is 1. The van der Waals surface area contributed by atoms with Gasteiger partial charge in [-0.3, -0.25) is 19.9 Å². The third-order valence-corrected chi connectivity index (χ3v) is 4.07. The number of rotatable bonds is 4. The Bertz CT molecular complexity index is 764. The summed E-state index contributed by atoms with van der Waals surface area (Å²) in [6.07, 6.45) is 2.33. The lowest BCUT2D eigenvalue weighted by atomic mass is 10.1. The lowest BCUT2D eigenvalue weighted by Gasteiger charge is -2.17. The number of carbonyl (C=O) groups is 1. The van der Waals surface area contributed by atoms with E-state index in [0.29, 0.717) is 24.5 Å². The Morgan fingerprint density at radius 1 is 1.38 bits per heavy atom. The van der Waals surface area contributed by atoms with Crippen LogP contribution >= 0.6 is 0 Å². The highest BCUT2D eigenvalue weighted by Crippen LogP contribution is 2.27. The monoisotopic (exact) mass is 326 g/mol. The number of aryl methyl sites for hydroxylation is 1. The van der Waals surface area contributed by atoms with Crippen molar-refractivity contribution in [1.29, 1.82) is 0 Å². The molecule has 24 heavy (non-hydrogen) atoms. The molecule has 1 amide bonds. The number of aromatic nitrogens is 1. The molecule has 1 N–H and O–H groups in total. The topological polar surface area (TPSA) is 88.4 Å². The highest BCUT2D eigenvalue weighted by atomic mass is 16.6. The van der Waals surface area contributed by atoms with E-state index in [1.165, 1.54) is 0 Å². The summed E-state index contributed by atoms with van der Waals surface area (Å²) in [6.45, 7) is 2.92. The van der Waals surface area contributed by atoms with Crippen LogP contribution in [0.2, 0.25) is 0 Å². The number of pyridine rings is 1. The van der Waals surface area contributed by atoms with Crippen LogP contribution in [0.5, 0.6) is 0 Å². The molecule has 0 spiro atoms. The minimum absolute atomic E-state index is 0.0148. The van der Waals surface area contributed by atoms with Gasteiger partial charge in [0.15, 0.2) is 0 Å². The Labute approximate surface area is 139 Å². The van der Waals surface area contributed by atoms with Gasteiger partial charge in [-0.2, -0.15) is 0 Å². The zero-order chi connectivity index (χ0) is 17.1. The first kappa shape index (κ1) is 15.9. The minimum atomic E-state index is -0.388. The molecule has 1 aromatic carbocycles. The van der Waals surface area contributed by atoms with E-state index in [9.17, 15) is 14.9 Å². The molecule has 0 radical (unpaired) electrons. The SMILES string of the molecule is Cc1ccc(NC2CCN(C(=O)c3ccccn3)C2)c([N+](=O)[O-])c1. The van der Waals surface area contributed by atoms with Crippen molar-refractivity contribution in [3.05, 3.63) is 64.0 Å². The molecule has 2 aromatic rings. The standard InChI is InChI=1S/C17H18N4O3/c1-12-5-6-14(16(10-12)21(23)24)19-13-7-9-20(11-13)17(22)15-4-2-3-8-18-15/h2-6,8,10,13,19H,7,9,11H2,1H3. The molecule has 1 aromatic heterocycles. The van der Waals surface area contributed by atoms with Crippen LogP contribution in [0.15, 0.2) is 42.6 Å². The predicted molar refractivity (Wildman–Crippen MR) is 90.0 cm³/mol. The van der Waals surface area contributed by atoms with Crippen LogP contribution < -0.4 is 5.32 Å². The number of hydrogen-bond donors (Lipinski definition) is 1. The van der Waals surface area contributed by atoms with Crippen LogP contribution in [-0.2, 0) is 0 Å². The lowest BCUT2D eigenvalue weighted by molar-refractivity contribution is -0.384. The summed E-state index contributed by atoms with van der Waals surface area (Å²) in [5.41, 5.74) is 1.80. The first-order valence-electron chi connectivity index (χ1n) is 7.76. The van der Waals surface area contributed by atoms with Crippen molar-refractivity contribution >= 4 is 17.3 Å². The molecule has 7 nitrogen and oxygen atoms in total. The molecule has 1 aliphatic rings. The van der Waals surface area contributed by atoms with E-state index in [1.807, 2.05) is 13.0 Å². The van der Waals surface area contributed by atoms with Gasteiger partial charge in [0.1, 0.15) is 11.4 Å². The van der Waals surface area contributed by atoms with Crippen LogP contribution in [0.1, 0.15) is 22.5 Å². The largest absolute Gasteiger partial charge is 0.375 e. The Morgan fingerprint density at radius 2 is 2.21 bits per heavy atom. The van der Waals surface area contributed by atoms with Crippen molar-refractivity contribution in [2.75, 3.05) is 18.4 Å². The third kappa shape index (κ3) is 3.34. The van der Waals surface area contributed by atoms with Gasteiger partial charge in [0.05, 0.1) is 4.92 Å². The lowest BCUT2D eigenvalue weighted by Crippen LogP contribution is -2.32. The predicted octanol–water partition coefficient (Wildman–Crippen LogP) is 2.62. The van der Waals surface area contributed by atoms with Gasteiger partial charge in [-0.25, -0.2) is 0 Å². The number of nitrogens with zero attached hydrogens (tertiary/aromatic N) is 3. The van der Waals surface area contributed by atoms with E-state index < -0.39 is 0 Å². The number of nitrogens with one attached hydrogen (secondary N) is 1. The van der Waals surface area contributed by atoms with E-state index in [0.717, 1.165) is 12.0 Å². The van der Waals surface area contributed by atoms with Gasteiger partial charge >= 0.3 is 0 Å². The molecule has 2 heterocycles. The summed E-state index contributed by atoms with van der Waals surface area (Å²) in [5, 5.41) is 14.4. The molecule has 1 aliphatic heterocycles. The molecule has 0 bridgehead atoms. The fourth-order valence-electron chi connectivity index (χ4n) is 2.85. The number of carbonyl (C=O) groups excluding carboxylic acids is 1. The van der Waals surface area contributed by atoms with Gasteiger partial charge in [0.25, 0.3) is 11.6 Å². The quantitative estimate of drug-likeness (QED) is 0.689. The smallest absolute Gasteiger partial charge is 0.292 e. The van der Waals surface area contributed by atoms with Crippen LogP contribution in [0.25, 0.3) is 0 Å². The Morgan fingerprint density at radius 3 is 2.92 bits per heavy atom. The number of nitro benzene ring substituents is 1. The maximum atomic E-state index is 12.4. The van der Waals surface area contributed by atoms with Gasteiger partial charge < -0.3 is 10.2 Å². The first-order valence-corrected chi connectivity index (χ1v) is 7.76. The van der Waals surface area contributed by atoms with Gasteiger partial charge in [-0.15, -0.1) is 0 Å². The Balaban J connectivity index is 1.69. The summed E-state index contributed by atoms with van der Waals surface area (Å²) in [4.78, 5) is 29.0. The molecule has 1 fully saturated rings. The molecular formula is C17H18N4O3. The van der Waals surface area contributed by atoms with Gasteiger partial charge in [-0.1, -0.05) is 12.1 Å². The number of likely N-dealkylation sites (tertiary alicyclic amines) is 1. The molecule has 1 atom stereocenters. The van der Waals surface area contributed by atoms with E-state index in [-0.39, 0.29) is 22.6 Å². The second-order valence-electron chi connectivity index (χ2n) is 5.87. The highest BCUT2D eigenvalue weighted by Gasteiger charge is 2.28. The molecule has 124 valence electrons. The van der Waals surface area contributed by atoms with Gasteiger partial charge in [-0.05, 0) is 37.1 Å². The number of anilines is 1.